The maximum Gasteiger partial charge on any atom is 0.0121 e. The Bertz CT molecular complexity index is 685. The molecule has 0 aliphatic heterocycles. The summed E-state index contributed by atoms with van der Waals surface area (Å²) in [7, 11) is -0.593. The molecule has 3 heteroatoms. The van der Waals surface area contributed by atoms with Crippen LogP contribution in [0.4, 0.5) is 0 Å². The van der Waals surface area contributed by atoms with Gasteiger partial charge in [0.05, 0.1) is 0 Å². The van der Waals surface area contributed by atoms with Crippen molar-refractivity contribution in [3.05, 3.63) is 43.4 Å². The number of hydrogen-bond acceptors (Lipinski definition) is 1. The van der Waals surface area contributed by atoms with Gasteiger partial charge in [0.15, 0.2) is 0 Å². The molecule has 0 amide bonds. The van der Waals surface area contributed by atoms with Crippen LogP contribution in [-0.4, -0.2) is 6.54 Å². The van der Waals surface area contributed by atoms with Crippen LogP contribution in [0.1, 0.15) is 106 Å². The molecule has 0 unspecified atom stereocenters. The smallest absolute Gasteiger partial charge is 0.0121 e. The lowest BCUT2D eigenvalue weighted by Crippen LogP contribution is -2.12. The third-order valence-electron chi connectivity index (χ3n) is 6.64. The highest BCUT2D eigenvalue weighted by atomic mass is 31.2. The van der Waals surface area contributed by atoms with E-state index in [1.807, 2.05) is 0 Å². The van der Waals surface area contributed by atoms with E-state index in [1.165, 1.54) is 57.9 Å². The van der Waals surface area contributed by atoms with Gasteiger partial charge in [0.2, 0.25) is 0 Å². The molecule has 0 aromatic carbocycles. The first-order chi connectivity index (χ1) is 14.0. The average Bonchev–Trinajstić information content (AvgIpc) is 3.24. The van der Waals surface area contributed by atoms with Crippen LogP contribution in [0.2, 0.25) is 0 Å². The van der Waals surface area contributed by atoms with Gasteiger partial charge in [0, 0.05) is 6.54 Å². The Morgan fingerprint density at radius 1 is 0.414 bits per heavy atom. The van der Waals surface area contributed by atoms with Crippen molar-refractivity contribution >= 4 is 15.4 Å². The minimum absolute atomic E-state index is 0.297. The molecule has 1 nitrogen and oxygen atoms in total. The Morgan fingerprint density at radius 3 is 0.793 bits per heavy atom. The first-order valence-electron chi connectivity index (χ1n) is 12.3. The first-order valence-corrected chi connectivity index (χ1v) is 14.9. The predicted octanol–water partition coefficient (Wildman–Crippen LogP) is 8.58. The summed E-state index contributed by atoms with van der Waals surface area (Å²) < 4.78 is 3.02. The van der Waals surface area contributed by atoms with Gasteiger partial charge < -0.3 is 0 Å². The molecule has 29 heavy (non-hydrogen) atoms. The third kappa shape index (κ3) is 4.18. The normalized spacial score (nSPS) is 11.8. The molecular weight excluding hydrogens is 388 g/mol. The predicted molar refractivity (Wildman–Crippen MR) is 137 cm³/mol. The van der Waals surface area contributed by atoms with E-state index in [1.54, 1.807) is 43.4 Å². The van der Waals surface area contributed by atoms with Gasteiger partial charge in [-0.3, -0.25) is 0 Å². The Hall–Kier alpha value is -0.480. The molecule has 0 bridgehead atoms. The topological polar surface area (TPSA) is 3.24 Å². The standard InChI is InChI=1S/C26H45NP2/c1-10-19-20(11-2)24(15-6)28(23(19)14-5)27(18-9)29-25(16-7)21(12-3)22(13-4)26(29)17-8/h10-18H2,1-9H3. The van der Waals surface area contributed by atoms with Gasteiger partial charge in [-0.15, -0.1) is 0 Å². The molecule has 0 N–H and O–H groups in total. The van der Waals surface area contributed by atoms with Crippen LogP contribution in [-0.2, 0) is 51.4 Å². The largest absolute Gasteiger partial charge is 0.216 e. The first kappa shape index (κ1) is 24.8. The van der Waals surface area contributed by atoms with Crippen molar-refractivity contribution in [2.24, 2.45) is 0 Å². The Morgan fingerprint density at radius 2 is 0.655 bits per heavy atom. The fourth-order valence-electron chi connectivity index (χ4n) is 5.59. The molecule has 2 rings (SSSR count). The van der Waals surface area contributed by atoms with E-state index in [9.17, 15) is 0 Å². The molecule has 164 valence electrons. The highest BCUT2D eigenvalue weighted by Gasteiger charge is 2.29. The summed E-state index contributed by atoms with van der Waals surface area (Å²) >= 11 is 0. The third-order valence-corrected chi connectivity index (χ3v) is 13.6. The van der Waals surface area contributed by atoms with Crippen LogP contribution in [0.5, 0.6) is 0 Å². The lowest BCUT2D eigenvalue weighted by atomic mass is 10.0. The van der Waals surface area contributed by atoms with Crippen molar-refractivity contribution in [1.82, 2.24) is 0 Å². The van der Waals surface area contributed by atoms with Crippen LogP contribution < -0.4 is 4.44 Å². The molecule has 2 aromatic rings. The summed E-state index contributed by atoms with van der Waals surface area (Å²) in [6, 6.07) is 0. The van der Waals surface area contributed by atoms with Gasteiger partial charge in [-0.25, -0.2) is 4.44 Å². The summed E-state index contributed by atoms with van der Waals surface area (Å²) in [4.78, 5) is 0. The second kappa shape index (κ2) is 11.2. The zero-order valence-electron chi connectivity index (χ0n) is 20.7. The Balaban J connectivity index is 2.92. The monoisotopic (exact) mass is 433 g/mol. The van der Waals surface area contributed by atoms with Crippen molar-refractivity contribution < 1.29 is 0 Å². The fraction of sp³-hybridized carbons (Fsp3) is 0.692. The molecule has 0 fully saturated rings. The minimum atomic E-state index is -0.297. The highest BCUT2D eigenvalue weighted by Crippen LogP contribution is 2.59. The van der Waals surface area contributed by atoms with E-state index in [2.05, 4.69) is 66.8 Å². The zero-order valence-corrected chi connectivity index (χ0v) is 22.5. The quantitative estimate of drug-likeness (QED) is 0.343. The Kier molecular flexibility index (Phi) is 9.60. The second-order valence-corrected chi connectivity index (χ2v) is 12.5. The van der Waals surface area contributed by atoms with Crippen LogP contribution in [0, 0.1) is 0 Å². The number of nitrogens with zero attached hydrogens (tertiary/aromatic N) is 1. The molecule has 2 heterocycles. The van der Waals surface area contributed by atoms with E-state index in [-0.39, 0.29) is 15.4 Å². The van der Waals surface area contributed by atoms with E-state index in [4.69, 9.17) is 0 Å². The summed E-state index contributed by atoms with van der Waals surface area (Å²) in [5, 5.41) is 7.20. The summed E-state index contributed by atoms with van der Waals surface area (Å²) in [6.45, 7) is 22.7. The molecule has 0 spiro atoms. The van der Waals surface area contributed by atoms with Crippen molar-refractivity contribution in [1.29, 1.82) is 0 Å². The molecule has 2 aromatic heterocycles. The summed E-state index contributed by atoms with van der Waals surface area (Å²) in [6.07, 6.45) is 9.71. The summed E-state index contributed by atoms with van der Waals surface area (Å²) in [5.74, 6) is 0. The van der Waals surface area contributed by atoms with Gasteiger partial charge in [-0.1, -0.05) is 62.3 Å². The number of rotatable bonds is 11. The van der Waals surface area contributed by atoms with Gasteiger partial charge in [-0.05, 0) is 110 Å². The molecule has 0 saturated heterocycles. The maximum absolute atomic E-state index is 3.02. The molecule has 0 aliphatic rings. The van der Waals surface area contributed by atoms with E-state index < -0.39 is 0 Å². The number of hydrogen-bond donors (Lipinski definition) is 0. The van der Waals surface area contributed by atoms with Crippen molar-refractivity contribution in [2.75, 3.05) is 11.0 Å². The minimum Gasteiger partial charge on any atom is -0.216 e. The van der Waals surface area contributed by atoms with Crippen molar-refractivity contribution in [3.63, 3.8) is 0 Å². The van der Waals surface area contributed by atoms with E-state index in [0.717, 1.165) is 0 Å². The fourth-order valence-corrected chi connectivity index (χ4v) is 13.3. The van der Waals surface area contributed by atoms with Gasteiger partial charge in [-0.2, -0.15) is 0 Å². The lowest BCUT2D eigenvalue weighted by molar-refractivity contribution is 0.992. The van der Waals surface area contributed by atoms with Crippen LogP contribution in [0.25, 0.3) is 0 Å². The molecule has 0 atom stereocenters. The van der Waals surface area contributed by atoms with Gasteiger partial charge in [0.25, 0.3) is 0 Å². The molecule has 0 aliphatic carbocycles. The maximum atomic E-state index is 3.02. The average molecular weight is 434 g/mol. The van der Waals surface area contributed by atoms with Crippen LogP contribution in [0.3, 0.4) is 0 Å². The van der Waals surface area contributed by atoms with E-state index >= 15 is 0 Å². The molecule has 0 radical (unpaired) electrons. The summed E-state index contributed by atoms with van der Waals surface area (Å²) in [5.41, 5.74) is 6.89. The molecule has 0 saturated carbocycles. The SMILES string of the molecule is CCc1c(CC)c(CC)p(N(CC)p2c(CC)c(CC)c(CC)c2CC)c1CC. The van der Waals surface area contributed by atoms with Crippen LogP contribution >= 0.6 is 15.4 Å². The van der Waals surface area contributed by atoms with Gasteiger partial charge in [0.1, 0.15) is 0 Å². The lowest BCUT2D eigenvalue weighted by Gasteiger charge is -2.28. The van der Waals surface area contributed by atoms with Crippen LogP contribution in [0.15, 0.2) is 0 Å². The van der Waals surface area contributed by atoms with E-state index in [0.29, 0.717) is 0 Å². The Labute approximate surface area is 183 Å². The van der Waals surface area contributed by atoms with Gasteiger partial charge >= 0.3 is 0 Å². The zero-order chi connectivity index (χ0) is 21.7. The molecular formula is C26H45NP2. The van der Waals surface area contributed by atoms with Crippen molar-refractivity contribution in [2.45, 2.75) is 114 Å². The highest BCUT2D eigenvalue weighted by molar-refractivity contribution is 7.70. The second-order valence-electron chi connectivity index (χ2n) is 7.84. The van der Waals surface area contributed by atoms with Crippen molar-refractivity contribution in [3.8, 4) is 0 Å².